The summed E-state index contributed by atoms with van der Waals surface area (Å²) in [5, 5.41) is 4.83. The van der Waals surface area contributed by atoms with Crippen molar-refractivity contribution in [2.75, 3.05) is 4.90 Å². The van der Waals surface area contributed by atoms with E-state index in [9.17, 15) is 0 Å². The first-order chi connectivity index (χ1) is 29.7. The molecule has 9 aromatic carbocycles. The van der Waals surface area contributed by atoms with E-state index in [1.54, 1.807) is 0 Å². The molecule has 1 heterocycles. The van der Waals surface area contributed by atoms with E-state index in [0.29, 0.717) is 0 Å². The predicted octanol–water partition coefficient (Wildman–Crippen LogP) is 14.5. The lowest BCUT2D eigenvalue weighted by Gasteiger charge is -2.29. The Morgan fingerprint density at radius 2 is 0.967 bits per heavy atom. The minimum atomic E-state index is 0.253. The van der Waals surface area contributed by atoms with E-state index in [2.05, 4.69) is 223 Å². The number of nitrogens with zero attached hydrogens (tertiary/aromatic N) is 1. The van der Waals surface area contributed by atoms with E-state index < -0.39 is 0 Å². The topological polar surface area (TPSA) is 16.4 Å². The van der Waals surface area contributed by atoms with Crippen LogP contribution in [-0.4, -0.2) is 0 Å². The molecule has 0 fully saturated rings. The third kappa shape index (κ3) is 6.59. The SMILES string of the molecule is C1=c2ccccc2=CC(c2ccc(-c3ccccc3)c(N(c3ccc(-c4ccc(-c5ccccc5)c(-c5ccccc5)c4)cc3)c3ccc4c(c3)oc3ccccc34)c2)C1. The Bertz CT molecular complexity index is 3270. The summed E-state index contributed by atoms with van der Waals surface area (Å²) in [6, 6.07) is 78.8. The van der Waals surface area contributed by atoms with Gasteiger partial charge in [-0.2, -0.15) is 0 Å². The van der Waals surface area contributed by atoms with Crippen molar-refractivity contribution in [2.24, 2.45) is 0 Å². The van der Waals surface area contributed by atoms with Gasteiger partial charge in [0.15, 0.2) is 0 Å². The van der Waals surface area contributed by atoms with Gasteiger partial charge < -0.3 is 9.32 Å². The maximum absolute atomic E-state index is 6.51. The molecular formula is C58H41NO. The molecule has 284 valence electrons. The minimum absolute atomic E-state index is 0.253. The van der Waals surface area contributed by atoms with Crippen LogP contribution in [0.15, 0.2) is 223 Å². The molecule has 0 N–H and O–H groups in total. The summed E-state index contributed by atoms with van der Waals surface area (Å²) in [5.74, 6) is 0.253. The van der Waals surface area contributed by atoms with Crippen LogP contribution in [0.5, 0.6) is 0 Å². The standard InChI is InChI=1S/C58H41NO/c1-4-15-42(16-5-1)51-33-28-47(37-55(51)44-19-8-3-9-20-44)41-26-30-49(31-27-41)59(50-32-35-54-53-22-12-13-23-57(53)60-58(54)39-50)56-38-48(29-34-52(56)43-17-6-2-7-18-43)46-25-24-40-14-10-11-21-45(40)36-46/h1-24,26-39,46H,25H2. The van der Waals surface area contributed by atoms with Crippen LogP contribution < -0.4 is 15.3 Å². The molecule has 2 nitrogen and oxygen atoms in total. The van der Waals surface area contributed by atoms with Gasteiger partial charge in [-0.15, -0.1) is 0 Å². The van der Waals surface area contributed by atoms with Crippen molar-refractivity contribution in [3.63, 3.8) is 0 Å². The van der Waals surface area contributed by atoms with Crippen molar-refractivity contribution in [1.29, 1.82) is 0 Å². The normalized spacial score (nSPS) is 13.4. The van der Waals surface area contributed by atoms with E-state index in [1.165, 1.54) is 49.4 Å². The highest BCUT2D eigenvalue weighted by Crippen LogP contribution is 2.45. The summed E-state index contributed by atoms with van der Waals surface area (Å²) < 4.78 is 6.51. The van der Waals surface area contributed by atoms with Crippen LogP contribution in [0.4, 0.5) is 17.1 Å². The number of anilines is 3. The summed E-state index contributed by atoms with van der Waals surface area (Å²) in [4.78, 5) is 2.41. The number of hydrogen-bond donors (Lipinski definition) is 0. The summed E-state index contributed by atoms with van der Waals surface area (Å²) in [6.07, 6.45) is 5.77. The van der Waals surface area contributed by atoms with Gasteiger partial charge in [0, 0.05) is 39.7 Å². The monoisotopic (exact) mass is 767 g/mol. The fourth-order valence-electron chi connectivity index (χ4n) is 8.98. The van der Waals surface area contributed by atoms with Gasteiger partial charge in [-0.3, -0.25) is 0 Å². The number of benzene rings is 9. The van der Waals surface area contributed by atoms with Crippen molar-refractivity contribution in [2.45, 2.75) is 12.3 Å². The van der Waals surface area contributed by atoms with Crippen molar-refractivity contribution in [3.8, 4) is 44.5 Å². The smallest absolute Gasteiger partial charge is 0.137 e. The second-order valence-corrected chi connectivity index (χ2v) is 15.6. The third-order valence-corrected chi connectivity index (χ3v) is 12.0. The van der Waals surface area contributed by atoms with E-state index >= 15 is 0 Å². The van der Waals surface area contributed by atoms with Gasteiger partial charge in [-0.1, -0.05) is 182 Å². The van der Waals surface area contributed by atoms with E-state index in [1.807, 2.05) is 12.1 Å². The average molecular weight is 768 g/mol. The maximum Gasteiger partial charge on any atom is 0.137 e. The molecular weight excluding hydrogens is 727 g/mol. The number of fused-ring (bicyclic) bond motifs is 4. The molecule has 1 unspecified atom stereocenters. The Morgan fingerprint density at radius 1 is 0.383 bits per heavy atom. The molecule has 1 aromatic heterocycles. The zero-order valence-electron chi connectivity index (χ0n) is 33.1. The minimum Gasteiger partial charge on any atom is -0.456 e. The Labute approximate surface area is 350 Å². The number of rotatable bonds is 8. The first kappa shape index (κ1) is 35.5. The second-order valence-electron chi connectivity index (χ2n) is 15.6. The van der Waals surface area contributed by atoms with Gasteiger partial charge in [0.25, 0.3) is 0 Å². The largest absolute Gasteiger partial charge is 0.456 e. The Hall–Kier alpha value is -7.68. The number of furan rings is 1. The Morgan fingerprint density at radius 3 is 1.72 bits per heavy atom. The molecule has 1 atom stereocenters. The van der Waals surface area contributed by atoms with Crippen LogP contribution >= 0.6 is 0 Å². The van der Waals surface area contributed by atoms with E-state index in [0.717, 1.165) is 56.5 Å². The maximum atomic E-state index is 6.51. The highest BCUT2D eigenvalue weighted by atomic mass is 16.3. The van der Waals surface area contributed by atoms with Crippen LogP contribution in [0.3, 0.4) is 0 Å². The van der Waals surface area contributed by atoms with Crippen molar-refractivity contribution < 1.29 is 4.42 Å². The third-order valence-electron chi connectivity index (χ3n) is 12.0. The van der Waals surface area contributed by atoms with Gasteiger partial charge in [-0.25, -0.2) is 0 Å². The molecule has 2 heteroatoms. The van der Waals surface area contributed by atoms with Crippen molar-refractivity contribution >= 4 is 51.2 Å². The quantitative estimate of drug-likeness (QED) is 0.153. The molecule has 1 aliphatic carbocycles. The molecule has 60 heavy (non-hydrogen) atoms. The highest BCUT2D eigenvalue weighted by molar-refractivity contribution is 6.06. The molecule has 0 radical (unpaired) electrons. The van der Waals surface area contributed by atoms with Gasteiger partial charge in [0.2, 0.25) is 0 Å². The van der Waals surface area contributed by atoms with E-state index in [-0.39, 0.29) is 5.92 Å². The molecule has 0 bridgehead atoms. The molecule has 1 aliphatic rings. The van der Waals surface area contributed by atoms with Crippen LogP contribution in [0.25, 0.3) is 78.6 Å². The Balaban J connectivity index is 1.08. The van der Waals surface area contributed by atoms with Crippen molar-refractivity contribution in [1.82, 2.24) is 0 Å². The summed E-state index contributed by atoms with van der Waals surface area (Å²) in [7, 11) is 0. The molecule has 0 amide bonds. The highest BCUT2D eigenvalue weighted by Gasteiger charge is 2.22. The summed E-state index contributed by atoms with van der Waals surface area (Å²) in [5.41, 5.74) is 15.8. The lowest BCUT2D eigenvalue weighted by atomic mass is 9.88. The molecule has 11 rings (SSSR count). The van der Waals surface area contributed by atoms with E-state index in [4.69, 9.17) is 4.42 Å². The molecule has 10 aromatic rings. The number of para-hydroxylation sites is 1. The van der Waals surface area contributed by atoms with Gasteiger partial charge >= 0.3 is 0 Å². The second kappa shape index (κ2) is 15.2. The predicted molar refractivity (Wildman–Crippen MR) is 252 cm³/mol. The first-order valence-electron chi connectivity index (χ1n) is 20.8. The lowest BCUT2D eigenvalue weighted by molar-refractivity contribution is 0.669. The zero-order valence-corrected chi connectivity index (χ0v) is 33.1. The summed E-state index contributed by atoms with van der Waals surface area (Å²) >= 11 is 0. The van der Waals surface area contributed by atoms with Crippen LogP contribution in [0, 0.1) is 0 Å². The Kier molecular flexibility index (Phi) is 9.02. The van der Waals surface area contributed by atoms with Crippen LogP contribution in [0.1, 0.15) is 17.9 Å². The van der Waals surface area contributed by atoms with Gasteiger partial charge in [0.05, 0.1) is 5.69 Å². The fraction of sp³-hybridized carbons (Fsp3) is 0.0345. The first-order valence-corrected chi connectivity index (χ1v) is 20.8. The van der Waals surface area contributed by atoms with Gasteiger partial charge in [0.1, 0.15) is 11.2 Å². The summed E-state index contributed by atoms with van der Waals surface area (Å²) in [6.45, 7) is 0. The van der Waals surface area contributed by atoms with Crippen LogP contribution in [0.2, 0.25) is 0 Å². The average Bonchev–Trinajstić information content (AvgIpc) is 3.70. The lowest BCUT2D eigenvalue weighted by Crippen LogP contribution is -2.27. The molecule has 0 spiro atoms. The molecule has 0 saturated heterocycles. The zero-order chi connectivity index (χ0) is 39.8. The van der Waals surface area contributed by atoms with Crippen molar-refractivity contribution in [3.05, 3.63) is 234 Å². The molecule has 0 aliphatic heterocycles. The number of hydrogen-bond acceptors (Lipinski definition) is 2. The fourth-order valence-corrected chi connectivity index (χ4v) is 8.98. The molecule has 0 saturated carbocycles. The van der Waals surface area contributed by atoms with Gasteiger partial charge in [-0.05, 0) is 104 Å². The van der Waals surface area contributed by atoms with Crippen LogP contribution in [-0.2, 0) is 0 Å².